The van der Waals surface area contributed by atoms with E-state index < -0.39 is 11.7 Å². The molecule has 2 atom stereocenters. The normalized spacial score (nSPS) is 23.9. The lowest BCUT2D eigenvalue weighted by Crippen LogP contribution is -2.41. The summed E-state index contributed by atoms with van der Waals surface area (Å²) < 4.78 is 9.91. The fourth-order valence-electron chi connectivity index (χ4n) is 1.97. The number of carbonyl (C=O) groups is 2. The summed E-state index contributed by atoms with van der Waals surface area (Å²) in [6.45, 7) is 5.82. The second kappa shape index (κ2) is 5.56. The van der Waals surface area contributed by atoms with Crippen molar-refractivity contribution in [1.29, 1.82) is 0 Å². The number of hydrogen-bond acceptors (Lipinski definition) is 5. The molecule has 1 amide bonds. The second-order valence-electron chi connectivity index (χ2n) is 5.56. The Morgan fingerprint density at radius 3 is 2.50 bits per heavy atom. The summed E-state index contributed by atoms with van der Waals surface area (Å²) in [6, 6.07) is -0.352. The summed E-state index contributed by atoms with van der Waals surface area (Å²) in [5.74, 6) is -0.345. The van der Waals surface area contributed by atoms with E-state index in [9.17, 15) is 9.59 Å². The Kier molecular flexibility index (Phi) is 4.56. The van der Waals surface area contributed by atoms with Gasteiger partial charge in [0.2, 0.25) is 0 Å². The Morgan fingerprint density at radius 1 is 1.39 bits per heavy atom. The van der Waals surface area contributed by atoms with Crippen molar-refractivity contribution in [3.8, 4) is 0 Å². The van der Waals surface area contributed by atoms with Crippen molar-refractivity contribution < 1.29 is 19.1 Å². The van der Waals surface area contributed by atoms with Crippen molar-refractivity contribution in [2.24, 2.45) is 5.73 Å². The van der Waals surface area contributed by atoms with Gasteiger partial charge in [-0.15, -0.1) is 0 Å². The number of ether oxygens (including phenoxy) is 2. The van der Waals surface area contributed by atoms with Crippen molar-refractivity contribution >= 4 is 12.1 Å². The summed E-state index contributed by atoms with van der Waals surface area (Å²) >= 11 is 0. The molecule has 0 unspecified atom stereocenters. The van der Waals surface area contributed by atoms with Crippen LogP contribution in [0.15, 0.2) is 0 Å². The number of carbonyl (C=O) groups excluding carboxylic acids is 2. The number of likely N-dealkylation sites (tertiary alicyclic amines) is 1. The molecule has 1 heterocycles. The van der Waals surface area contributed by atoms with E-state index in [-0.39, 0.29) is 24.5 Å². The van der Waals surface area contributed by atoms with Gasteiger partial charge in [0.25, 0.3) is 0 Å². The van der Waals surface area contributed by atoms with E-state index >= 15 is 0 Å². The zero-order valence-corrected chi connectivity index (χ0v) is 11.4. The van der Waals surface area contributed by atoms with E-state index in [1.165, 1.54) is 12.0 Å². The number of nitrogens with two attached hydrogens (primary N) is 1. The molecule has 1 rings (SSSR count). The van der Waals surface area contributed by atoms with E-state index in [2.05, 4.69) is 4.74 Å². The van der Waals surface area contributed by atoms with Crippen LogP contribution in [0.3, 0.4) is 0 Å². The van der Waals surface area contributed by atoms with Gasteiger partial charge in [-0.25, -0.2) is 4.79 Å². The second-order valence-corrected chi connectivity index (χ2v) is 5.56. The molecule has 0 aromatic carbocycles. The molecule has 0 bridgehead atoms. The minimum atomic E-state index is -0.556. The maximum atomic E-state index is 12.0. The van der Waals surface area contributed by atoms with Crippen LogP contribution in [0.2, 0.25) is 0 Å². The molecule has 2 N–H and O–H groups in total. The molecule has 0 aliphatic carbocycles. The fourth-order valence-corrected chi connectivity index (χ4v) is 1.97. The Labute approximate surface area is 107 Å². The largest absolute Gasteiger partial charge is 0.469 e. The van der Waals surface area contributed by atoms with Crippen LogP contribution in [0.5, 0.6) is 0 Å². The molecule has 0 saturated carbocycles. The van der Waals surface area contributed by atoms with Crippen molar-refractivity contribution in [3.63, 3.8) is 0 Å². The lowest BCUT2D eigenvalue weighted by Gasteiger charge is -2.28. The van der Waals surface area contributed by atoms with Crippen molar-refractivity contribution in [3.05, 3.63) is 0 Å². The van der Waals surface area contributed by atoms with Gasteiger partial charge in [-0.05, 0) is 27.2 Å². The molecular weight excluding hydrogens is 236 g/mol. The first-order valence-corrected chi connectivity index (χ1v) is 6.05. The molecule has 0 aromatic heterocycles. The molecule has 6 heteroatoms. The highest BCUT2D eigenvalue weighted by Gasteiger charge is 2.37. The topological polar surface area (TPSA) is 81.9 Å². The Morgan fingerprint density at radius 2 is 2.00 bits per heavy atom. The van der Waals surface area contributed by atoms with E-state index in [4.69, 9.17) is 10.5 Å². The summed E-state index contributed by atoms with van der Waals surface area (Å²) in [7, 11) is 1.33. The first-order valence-electron chi connectivity index (χ1n) is 6.05. The summed E-state index contributed by atoms with van der Waals surface area (Å²) in [4.78, 5) is 24.8. The van der Waals surface area contributed by atoms with Crippen LogP contribution in [-0.2, 0) is 14.3 Å². The van der Waals surface area contributed by atoms with Crippen LogP contribution in [0, 0.1) is 0 Å². The van der Waals surface area contributed by atoms with Gasteiger partial charge in [-0.3, -0.25) is 4.79 Å². The van der Waals surface area contributed by atoms with E-state index in [0.29, 0.717) is 13.0 Å². The zero-order chi connectivity index (χ0) is 13.9. The maximum absolute atomic E-state index is 12.0. The fraction of sp³-hybridized carbons (Fsp3) is 0.833. The molecule has 104 valence electrons. The number of esters is 1. The third kappa shape index (κ3) is 4.18. The van der Waals surface area contributed by atoms with Gasteiger partial charge < -0.3 is 20.1 Å². The number of amides is 1. The molecular formula is C12H22N2O4. The highest BCUT2D eigenvalue weighted by Crippen LogP contribution is 2.22. The van der Waals surface area contributed by atoms with Crippen LogP contribution in [0.25, 0.3) is 0 Å². The molecule has 1 saturated heterocycles. The number of rotatable bonds is 2. The minimum Gasteiger partial charge on any atom is -0.469 e. The lowest BCUT2D eigenvalue weighted by molar-refractivity contribution is -0.141. The number of nitrogens with zero attached hydrogens (tertiary/aromatic N) is 1. The third-order valence-corrected chi connectivity index (χ3v) is 2.70. The smallest absolute Gasteiger partial charge is 0.410 e. The van der Waals surface area contributed by atoms with Crippen LogP contribution >= 0.6 is 0 Å². The van der Waals surface area contributed by atoms with Gasteiger partial charge >= 0.3 is 12.1 Å². The van der Waals surface area contributed by atoms with Crippen LogP contribution in [-0.4, -0.2) is 48.3 Å². The maximum Gasteiger partial charge on any atom is 0.410 e. The van der Waals surface area contributed by atoms with Gasteiger partial charge in [0, 0.05) is 18.6 Å². The lowest BCUT2D eigenvalue weighted by atomic mass is 10.1. The highest BCUT2D eigenvalue weighted by atomic mass is 16.6. The van der Waals surface area contributed by atoms with E-state index in [0.717, 1.165) is 0 Å². The zero-order valence-electron chi connectivity index (χ0n) is 11.4. The van der Waals surface area contributed by atoms with Crippen molar-refractivity contribution in [2.45, 2.75) is 51.3 Å². The molecule has 1 fully saturated rings. The number of hydrogen-bond donors (Lipinski definition) is 1. The minimum absolute atomic E-state index is 0.118. The predicted octanol–water partition coefficient (Wildman–Crippen LogP) is 0.886. The Balaban J connectivity index is 2.66. The summed E-state index contributed by atoms with van der Waals surface area (Å²) in [5.41, 5.74) is 5.28. The standard InChI is InChI=1S/C12H22N2O4/c1-12(2,3)18-11(16)14-7-8(13)5-9(14)6-10(15)17-4/h8-9H,5-7,13H2,1-4H3/t8-,9-/m0/s1. The highest BCUT2D eigenvalue weighted by molar-refractivity contribution is 5.73. The van der Waals surface area contributed by atoms with Crippen LogP contribution < -0.4 is 5.73 Å². The van der Waals surface area contributed by atoms with Crippen molar-refractivity contribution in [2.75, 3.05) is 13.7 Å². The van der Waals surface area contributed by atoms with Gasteiger partial charge in [0.15, 0.2) is 0 Å². The van der Waals surface area contributed by atoms with Crippen molar-refractivity contribution in [1.82, 2.24) is 4.90 Å². The van der Waals surface area contributed by atoms with Crippen LogP contribution in [0.1, 0.15) is 33.6 Å². The van der Waals surface area contributed by atoms with E-state index in [1.54, 1.807) is 20.8 Å². The average molecular weight is 258 g/mol. The van der Waals surface area contributed by atoms with Gasteiger partial charge in [0.1, 0.15) is 5.60 Å². The van der Waals surface area contributed by atoms with Gasteiger partial charge in [-0.1, -0.05) is 0 Å². The molecule has 6 nitrogen and oxygen atoms in total. The first kappa shape index (κ1) is 14.8. The van der Waals surface area contributed by atoms with Gasteiger partial charge in [-0.2, -0.15) is 0 Å². The molecule has 0 aromatic rings. The van der Waals surface area contributed by atoms with Gasteiger partial charge in [0.05, 0.1) is 13.5 Å². The number of methoxy groups -OCH3 is 1. The summed E-state index contributed by atoms with van der Waals surface area (Å²) in [5, 5.41) is 0. The molecule has 18 heavy (non-hydrogen) atoms. The average Bonchev–Trinajstić information content (AvgIpc) is 2.56. The molecule has 1 aliphatic rings. The predicted molar refractivity (Wildman–Crippen MR) is 66.0 cm³/mol. The molecule has 1 aliphatic heterocycles. The Bertz CT molecular complexity index is 325. The molecule has 0 spiro atoms. The monoisotopic (exact) mass is 258 g/mol. The van der Waals surface area contributed by atoms with Crippen LogP contribution in [0.4, 0.5) is 4.79 Å². The summed E-state index contributed by atoms with van der Waals surface area (Å²) in [6.07, 6.45) is 0.321. The quantitative estimate of drug-likeness (QED) is 0.744. The molecule has 0 radical (unpaired) electrons. The Hall–Kier alpha value is -1.30. The SMILES string of the molecule is COC(=O)C[C@@H]1C[C@H](N)CN1C(=O)OC(C)(C)C. The van der Waals surface area contributed by atoms with E-state index in [1.807, 2.05) is 0 Å². The first-order chi connectivity index (χ1) is 8.23. The third-order valence-electron chi connectivity index (χ3n) is 2.70.